The van der Waals surface area contributed by atoms with Gasteiger partial charge in [-0.1, -0.05) is 109 Å². The molecule has 0 saturated carbocycles. The number of allylic oxidation sites excluding steroid dienone is 5. The molecule has 0 N–H and O–H groups in total. The van der Waals surface area contributed by atoms with Crippen molar-refractivity contribution in [1.82, 2.24) is 0 Å². The summed E-state index contributed by atoms with van der Waals surface area (Å²) in [5.74, 6) is 0.404. The molecule has 0 fully saturated rings. The number of rotatable bonds is 7. The first kappa shape index (κ1) is 21.0. The summed E-state index contributed by atoms with van der Waals surface area (Å²) in [7, 11) is 0. The summed E-state index contributed by atoms with van der Waals surface area (Å²) in [5.41, 5.74) is 5.58. The van der Waals surface area contributed by atoms with Crippen molar-refractivity contribution in [2.75, 3.05) is 0 Å². The normalized spacial score (nSPS) is 13.8. The zero-order valence-electron chi connectivity index (χ0n) is 17.5. The molecule has 0 aliphatic heterocycles. The highest BCUT2D eigenvalue weighted by atomic mass is 16.6. The number of nitro benzene ring substituents is 1. The van der Waals surface area contributed by atoms with Crippen LogP contribution in [0, 0.1) is 16.0 Å². The molecule has 3 heteroatoms. The van der Waals surface area contributed by atoms with Crippen molar-refractivity contribution in [3.63, 3.8) is 0 Å². The maximum Gasteiger partial charge on any atom is 0.269 e. The van der Waals surface area contributed by atoms with Crippen LogP contribution in [0.1, 0.15) is 27.8 Å². The summed E-state index contributed by atoms with van der Waals surface area (Å²) in [6.07, 6.45) is 21.0. The Hall–Kier alpha value is -4.24. The molecule has 3 aromatic carbocycles. The predicted molar refractivity (Wildman–Crippen MR) is 135 cm³/mol. The molecule has 0 spiro atoms. The van der Waals surface area contributed by atoms with Crippen LogP contribution in [0.2, 0.25) is 0 Å². The van der Waals surface area contributed by atoms with Gasteiger partial charge in [0.05, 0.1) is 4.92 Å². The van der Waals surface area contributed by atoms with Gasteiger partial charge in [0.2, 0.25) is 0 Å². The van der Waals surface area contributed by atoms with E-state index in [1.165, 1.54) is 17.7 Å². The minimum Gasteiger partial charge on any atom is -0.258 e. The van der Waals surface area contributed by atoms with Crippen LogP contribution < -0.4 is 0 Å². The second-order valence-electron chi connectivity index (χ2n) is 7.55. The lowest BCUT2D eigenvalue weighted by molar-refractivity contribution is -0.384. The molecule has 0 heterocycles. The van der Waals surface area contributed by atoms with Crippen molar-refractivity contribution in [1.29, 1.82) is 0 Å². The van der Waals surface area contributed by atoms with E-state index in [0.717, 1.165) is 22.3 Å². The van der Waals surface area contributed by atoms with Crippen molar-refractivity contribution < 1.29 is 4.92 Å². The Kier molecular flexibility index (Phi) is 6.69. The summed E-state index contributed by atoms with van der Waals surface area (Å²) < 4.78 is 0. The molecule has 4 rings (SSSR count). The number of hydrogen-bond donors (Lipinski definition) is 0. The largest absolute Gasteiger partial charge is 0.269 e. The van der Waals surface area contributed by atoms with Gasteiger partial charge in [-0.05, 0) is 39.9 Å². The molecule has 1 aliphatic rings. The van der Waals surface area contributed by atoms with Crippen LogP contribution in [-0.2, 0) is 0 Å². The van der Waals surface area contributed by atoms with E-state index in [4.69, 9.17) is 0 Å². The lowest BCUT2D eigenvalue weighted by Gasteiger charge is -1.99. The third-order valence-electron chi connectivity index (χ3n) is 5.20. The Bertz CT molecular complexity index is 1200. The van der Waals surface area contributed by atoms with E-state index in [0.29, 0.717) is 5.92 Å². The summed E-state index contributed by atoms with van der Waals surface area (Å²) in [6.45, 7) is 0. The summed E-state index contributed by atoms with van der Waals surface area (Å²) in [6, 6.07) is 23.3. The molecule has 0 saturated heterocycles. The maximum atomic E-state index is 10.7. The standard InChI is InChI=1S/C29H23NO2/c31-30(32)29-21-19-28(20-22-29)18-17-27-15-13-26(14-16-27)12-11-25-9-7-24(8-10-25)6-5-23-3-1-2-4-23/h1-23H/b6-5+,12-11+,18-17-. The van der Waals surface area contributed by atoms with Crippen LogP contribution in [0.25, 0.3) is 30.4 Å². The number of nitrogens with zero attached hydrogens (tertiary/aromatic N) is 1. The predicted octanol–water partition coefficient (Wildman–Crippen LogP) is 7.69. The molecule has 0 atom stereocenters. The van der Waals surface area contributed by atoms with Gasteiger partial charge in [-0.25, -0.2) is 0 Å². The Balaban J connectivity index is 1.34. The van der Waals surface area contributed by atoms with E-state index in [9.17, 15) is 10.1 Å². The first-order valence-electron chi connectivity index (χ1n) is 10.5. The minimum absolute atomic E-state index is 0.100. The van der Waals surface area contributed by atoms with Gasteiger partial charge in [0.25, 0.3) is 5.69 Å². The van der Waals surface area contributed by atoms with Crippen LogP contribution in [0.15, 0.2) is 103 Å². The van der Waals surface area contributed by atoms with E-state index >= 15 is 0 Å². The summed E-state index contributed by atoms with van der Waals surface area (Å²) in [4.78, 5) is 10.3. The van der Waals surface area contributed by atoms with E-state index in [1.54, 1.807) is 12.1 Å². The van der Waals surface area contributed by atoms with Crippen LogP contribution in [0.4, 0.5) is 5.69 Å². The lowest BCUT2D eigenvalue weighted by Crippen LogP contribution is -1.86. The second kappa shape index (κ2) is 10.2. The minimum atomic E-state index is -0.391. The van der Waals surface area contributed by atoms with Gasteiger partial charge >= 0.3 is 0 Å². The highest BCUT2D eigenvalue weighted by Gasteiger charge is 2.02. The van der Waals surface area contributed by atoms with Gasteiger partial charge in [-0.2, -0.15) is 0 Å². The molecule has 156 valence electrons. The van der Waals surface area contributed by atoms with E-state index in [-0.39, 0.29) is 5.69 Å². The summed E-state index contributed by atoms with van der Waals surface area (Å²) in [5, 5.41) is 10.7. The Morgan fingerprint density at radius 1 is 0.562 bits per heavy atom. The molecule has 0 unspecified atom stereocenters. The molecular weight excluding hydrogens is 394 g/mol. The van der Waals surface area contributed by atoms with Crippen molar-refractivity contribution in [3.8, 4) is 0 Å². The van der Waals surface area contributed by atoms with E-state index < -0.39 is 4.92 Å². The van der Waals surface area contributed by atoms with Crippen molar-refractivity contribution in [2.24, 2.45) is 5.92 Å². The average Bonchev–Trinajstić information content (AvgIpc) is 3.35. The fourth-order valence-corrected chi connectivity index (χ4v) is 3.33. The monoisotopic (exact) mass is 417 g/mol. The van der Waals surface area contributed by atoms with E-state index in [2.05, 4.69) is 97.1 Å². The second-order valence-corrected chi connectivity index (χ2v) is 7.55. The van der Waals surface area contributed by atoms with Gasteiger partial charge in [-0.15, -0.1) is 0 Å². The van der Waals surface area contributed by atoms with Crippen molar-refractivity contribution in [3.05, 3.63) is 141 Å². The number of nitro groups is 1. The van der Waals surface area contributed by atoms with Gasteiger partial charge in [0.15, 0.2) is 0 Å². The van der Waals surface area contributed by atoms with Crippen LogP contribution in [0.3, 0.4) is 0 Å². The SMILES string of the molecule is O=[N+]([O-])c1ccc(/C=C\c2ccc(/C=C/c3ccc(/C=C/C4C=CC=C4)cc3)cc2)cc1. The van der Waals surface area contributed by atoms with Crippen molar-refractivity contribution in [2.45, 2.75) is 0 Å². The maximum absolute atomic E-state index is 10.7. The molecular formula is C29H23NO2. The average molecular weight is 418 g/mol. The number of non-ortho nitro benzene ring substituents is 1. The lowest BCUT2D eigenvalue weighted by atomic mass is 10.1. The quantitative estimate of drug-likeness (QED) is 0.225. The molecule has 0 aromatic heterocycles. The van der Waals surface area contributed by atoms with Crippen molar-refractivity contribution >= 4 is 36.1 Å². The van der Waals surface area contributed by atoms with Crippen LogP contribution in [0.5, 0.6) is 0 Å². The summed E-state index contributed by atoms with van der Waals surface area (Å²) >= 11 is 0. The highest BCUT2D eigenvalue weighted by molar-refractivity contribution is 5.73. The zero-order chi connectivity index (χ0) is 22.2. The smallest absolute Gasteiger partial charge is 0.258 e. The van der Waals surface area contributed by atoms with Gasteiger partial charge < -0.3 is 0 Å². The van der Waals surface area contributed by atoms with Gasteiger partial charge in [0, 0.05) is 18.1 Å². The third-order valence-corrected chi connectivity index (χ3v) is 5.20. The number of hydrogen-bond acceptors (Lipinski definition) is 2. The van der Waals surface area contributed by atoms with Crippen LogP contribution in [-0.4, -0.2) is 4.92 Å². The number of benzene rings is 3. The molecule has 0 bridgehead atoms. The molecule has 3 nitrogen and oxygen atoms in total. The molecule has 0 radical (unpaired) electrons. The first-order chi connectivity index (χ1) is 15.7. The van der Waals surface area contributed by atoms with E-state index in [1.807, 2.05) is 12.2 Å². The molecule has 3 aromatic rings. The Morgan fingerprint density at radius 3 is 1.28 bits per heavy atom. The fourth-order valence-electron chi connectivity index (χ4n) is 3.33. The fraction of sp³-hybridized carbons (Fsp3) is 0.0345. The zero-order valence-corrected chi connectivity index (χ0v) is 17.5. The third kappa shape index (κ3) is 5.89. The molecule has 32 heavy (non-hydrogen) atoms. The van der Waals surface area contributed by atoms with Crippen LogP contribution >= 0.6 is 0 Å². The van der Waals surface area contributed by atoms with Gasteiger partial charge in [-0.3, -0.25) is 10.1 Å². The molecule has 0 amide bonds. The Morgan fingerprint density at radius 2 is 0.906 bits per heavy atom. The molecule has 1 aliphatic carbocycles. The Labute approximate surface area is 188 Å². The first-order valence-corrected chi connectivity index (χ1v) is 10.5. The van der Waals surface area contributed by atoms with Gasteiger partial charge in [0.1, 0.15) is 0 Å². The topological polar surface area (TPSA) is 43.1 Å². The highest BCUT2D eigenvalue weighted by Crippen LogP contribution is 2.17.